The van der Waals surface area contributed by atoms with E-state index in [2.05, 4.69) is 18.7 Å². The summed E-state index contributed by atoms with van der Waals surface area (Å²) in [5.41, 5.74) is 6.40. The molecule has 0 aromatic carbocycles. The third-order valence-corrected chi connectivity index (χ3v) is 4.70. The van der Waals surface area contributed by atoms with Crippen LogP contribution in [0.5, 0.6) is 0 Å². The van der Waals surface area contributed by atoms with E-state index in [1.165, 1.54) is 12.8 Å². The summed E-state index contributed by atoms with van der Waals surface area (Å²) < 4.78 is 10.4. The first-order valence-corrected chi connectivity index (χ1v) is 8.07. The zero-order chi connectivity index (χ0) is 15.0. The summed E-state index contributed by atoms with van der Waals surface area (Å²) in [6, 6.07) is 0.813. The predicted molar refractivity (Wildman–Crippen MR) is 83.9 cm³/mol. The second kappa shape index (κ2) is 9.72. The Morgan fingerprint density at radius 2 is 1.80 bits per heavy atom. The average molecular weight is 286 g/mol. The number of ether oxygens (including phenoxy) is 2. The highest BCUT2D eigenvalue weighted by Gasteiger charge is 2.33. The predicted octanol–water partition coefficient (Wildman–Crippen LogP) is 2.12. The van der Waals surface area contributed by atoms with Crippen molar-refractivity contribution in [2.24, 2.45) is 17.6 Å². The largest absolute Gasteiger partial charge is 0.385 e. The Balaban J connectivity index is 2.59. The standard InChI is InChI=1S/C16H34N2O2/c1-13(2)14-6-7-15(17)16(12-14)18(9-11-20-4)8-5-10-19-3/h13-16H,5-12,17H2,1-4H3. The number of nitrogens with two attached hydrogens (primary N) is 1. The Morgan fingerprint density at radius 3 is 2.40 bits per heavy atom. The van der Waals surface area contributed by atoms with Gasteiger partial charge in [-0.3, -0.25) is 4.90 Å². The van der Waals surface area contributed by atoms with Crippen molar-refractivity contribution in [3.63, 3.8) is 0 Å². The lowest BCUT2D eigenvalue weighted by atomic mass is 9.76. The van der Waals surface area contributed by atoms with Crippen LogP contribution in [0.2, 0.25) is 0 Å². The molecular formula is C16H34N2O2. The fourth-order valence-electron chi connectivity index (χ4n) is 3.29. The van der Waals surface area contributed by atoms with Gasteiger partial charge in [-0.2, -0.15) is 0 Å². The quantitative estimate of drug-likeness (QED) is 0.660. The molecule has 0 radical (unpaired) electrons. The van der Waals surface area contributed by atoms with Crippen molar-refractivity contribution in [2.75, 3.05) is 40.5 Å². The Labute approximate surface area is 125 Å². The van der Waals surface area contributed by atoms with Gasteiger partial charge in [0.05, 0.1) is 6.61 Å². The molecule has 1 saturated carbocycles. The third kappa shape index (κ3) is 5.68. The molecule has 4 heteroatoms. The SMILES string of the molecule is COCCCN(CCOC)C1CC(C(C)C)CCC1N. The summed E-state index contributed by atoms with van der Waals surface area (Å²) in [6.07, 6.45) is 4.73. The van der Waals surface area contributed by atoms with E-state index in [-0.39, 0.29) is 0 Å². The van der Waals surface area contributed by atoms with Crippen LogP contribution in [0.15, 0.2) is 0 Å². The summed E-state index contributed by atoms with van der Waals surface area (Å²) in [6.45, 7) is 8.30. The van der Waals surface area contributed by atoms with Gasteiger partial charge in [0.15, 0.2) is 0 Å². The van der Waals surface area contributed by atoms with Gasteiger partial charge in [0.2, 0.25) is 0 Å². The smallest absolute Gasteiger partial charge is 0.0589 e. The van der Waals surface area contributed by atoms with E-state index in [9.17, 15) is 0 Å². The van der Waals surface area contributed by atoms with Gasteiger partial charge >= 0.3 is 0 Å². The van der Waals surface area contributed by atoms with Crippen molar-refractivity contribution in [3.8, 4) is 0 Å². The summed E-state index contributed by atoms with van der Waals surface area (Å²) in [5.74, 6) is 1.57. The van der Waals surface area contributed by atoms with Crippen molar-refractivity contribution in [2.45, 2.75) is 51.6 Å². The van der Waals surface area contributed by atoms with Crippen LogP contribution in [0.25, 0.3) is 0 Å². The fourth-order valence-corrected chi connectivity index (χ4v) is 3.29. The Kier molecular flexibility index (Phi) is 8.69. The highest BCUT2D eigenvalue weighted by Crippen LogP contribution is 2.32. The van der Waals surface area contributed by atoms with Gasteiger partial charge in [-0.25, -0.2) is 0 Å². The summed E-state index contributed by atoms with van der Waals surface area (Å²) in [4.78, 5) is 2.53. The van der Waals surface area contributed by atoms with E-state index in [4.69, 9.17) is 15.2 Å². The second-order valence-electron chi connectivity index (χ2n) is 6.42. The molecule has 4 nitrogen and oxygen atoms in total. The van der Waals surface area contributed by atoms with Crippen LogP contribution < -0.4 is 5.73 Å². The summed E-state index contributed by atoms with van der Waals surface area (Å²) in [7, 11) is 3.53. The second-order valence-corrected chi connectivity index (χ2v) is 6.42. The van der Waals surface area contributed by atoms with Crippen LogP contribution in [0, 0.1) is 11.8 Å². The maximum Gasteiger partial charge on any atom is 0.0589 e. The van der Waals surface area contributed by atoms with E-state index in [0.29, 0.717) is 12.1 Å². The lowest BCUT2D eigenvalue weighted by Crippen LogP contribution is -2.53. The molecule has 20 heavy (non-hydrogen) atoms. The first-order valence-electron chi connectivity index (χ1n) is 8.07. The van der Waals surface area contributed by atoms with E-state index < -0.39 is 0 Å². The molecule has 0 aliphatic heterocycles. The molecule has 120 valence electrons. The molecule has 0 saturated heterocycles. The van der Waals surface area contributed by atoms with Crippen LogP contribution in [0.1, 0.15) is 39.5 Å². The van der Waals surface area contributed by atoms with Crippen LogP contribution >= 0.6 is 0 Å². The molecule has 0 aromatic rings. The molecule has 2 N–H and O–H groups in total. The first-order chi connectivity index (χ1) is 9.60. The lowest BCUT2D eigenvalue weighted by molar-refractivity contribution is 0.0614. The molecule has 0 bridgehead atoms. The van der Waals surface area contributed by atoms with Gasteiger partial charge in [-0.05, 0) is 37.5 Å². The molecule has 3 atom stereocenters. The van der Waals surface area contributed by atoms with E-state index in [1.54, 1.807) is 14.2 Å². The van der Waals surface area contributed by atoms with Crippen LogP contribution in [-0.4, -0.2) is 57.5 Å². The van der Waals surface area contributed by atoms with Gasteiger partial charge in [-0.1, -0.05) is 13.8 Å². The molecule has 3 unspecified atom stereocenters. The van der Waals surface area contributed by atoms with Crippen LogP contribution in [-0.2, 0) is 9.47 Å². The maximum absolute atomic E-state index is 6.40. The molecule has 0 spiro atoms. The van der Waals surface area contributed by atoms with E-state index in [1.807, 2.05) is 0 Å². The highest BCUT2D eigenvalue weighted by atomic mass is 16.5. The molecule has 1 aliphatic rings. The number of methoxy groups -OCH3 is 2. The van der Waals surface area contributed by atoms with Crippen LogP contribution in [0.3, 0.4) is 0 Å². The minimum atomic E-state index is 0.310. The van der Waals surface area contributed by atoms with Crippen molar-refractivity contribution in [1.82, 2.24) is 4.90 Å². The molecule has 0 aromatic heterocycles. The summed E-state index contributed by atoms with van der Waals surface area (Å²) in [5, 5.41) is 0. The highest BCUT2D eigenvalue weighted by molar-refractivity contribution is 4.90. The van der Waals surface area contributed by atoms with E-state index >= 15 is 0 Å². The Hall–Kier alpha value is -0.160. The monoisotopic (exact) mass is 286 g/mol. The van der Waals surface area contributed by atoms with Crippen LogP contribution in [0.4, 0.5) is 0 Å². The van der Waals surface area contributed by atoms with Gasteiger partial charge in [-0.15, -0.1) is 0 Å². The van der Waals surface area contributed by atoms with E-state index in [0.717, 1.165) is 51.0 Å². The van der Waals surface area contributed by atoms with Gasteiger partial charge in [0, 0.05) is 46.0 Å². The zero-order valence-electron chi connectivity index (χ0n) is 13.8. The number of nitrogens with zero attached hydrogens (tertiary/aromatic N) is 1. The Morgan fingerprint density at radius 1 is 1.10 bits per heavy atom. The zero-order valence-corrected chi connectivity index (χ0v) is 13.8. The van der Waals surface area contributed by atoms with Crippen molar-refractivity contribution < 1.29 is 9.47 Å². The summed E-state index contributed by atoms with van der Waals surface area (Å²) >= 11 is 0. The molecule has 1 rings (SSSR count). The maximum atomic E-state index is 6.40. The van der Waals surface area contributed by atoms with Gasteiger partial charge in [0.25, 0.3) is 0 Å². The fraction of sp³-hybridized carbons (Fsp3) is 1.00. The molecular weight excluding hydrogens is 252 g/mol. The number of rotatable bonds is 9. The lowest BCUT2D eigenvalue weighted by Gasteiger charge is -2.42. The van der Waals surface area contributed by atoms with Crippen molar-refractivity contribution >= 4 is 0 Å². The molecule has 1 fully saturated rings. The average Bonchev–Trinajstić information content (AvgIpc) is 2.43. The molecule has 0 amide bonds. The van der Waals surface area contributed by atoms with Crippen molar-refractivity contribution in [1.29, 1.82) is 0 Å². The Bertz CT molecular complexity index is 249. The van der Waals surface area contributed by atoms with Crippen molar-refractivity contribution in [3.05, 3.63) is 0 Å². The topological polar surface area (TPSA) is 47.7 Å². The number of hydrogen-bond donors (Lipinski definition) is 1. The van der Waals surface area contributed by atoms with Gasteiger partial charge in [0.1, 0.15) is 0 Å². The minimum absolute atomic E-state index is 0.310. The first kappa shape index (κ1) is 17.9. The normalized spacial score (nSPS) is 27.4. The number of hydrogen-bond acceptors (Lipinski definition) is 4. The molecule has 1 aliphatic carbocycles. The van der Waals surface area contributed by atoms with Gasteiger partial charge < -0.3 is 15.2 Å². The minimum Gasteiger partial charge on any atom is -0.385 e. The molecule has 0 heterocycles. The third-order valence-electron chi connectivity index (χ3n) is 4.70.